The standard InChI is InChI=1S/C22H38N4O2/c1-5-23-21(25-18-22(10-7-11-22)12-14-27-4)24-17-19-8-6-9-20(16-19)28-15-13-26(2)3/h6,8-9,16H,5,7,10-15,17-18H2,1-4H3,(H2,23,24,25). The molecular weight excluding hydrogens is 352 g/mol. The Morgan fingerprint density at radius 3 is 2.68 bits per heavy atom. The molecule has 0 heterocycles. The van der Waals surface area contributed by atoms with Gasteiger partial charge in [0.25, 0.3) is 0 Å². The minimum atomic E-state index is 0.367. The summed E-state index contributed by atoms with van der Waals surface area (Å²) in [5, 5.41) is 6.91. The van der Waals surface area contributed by atoms with Crippen LogP contribution in [0.2, 0.25) is 0 Å². The fourth-order valence-electron chi connectivity index (χ4n) is 3.37. The third-order valence-electron chi connectivity index (χ3n) is 5.35. The number of nitrogens with one attached hydrogen (secondary N) is 2. The van der Waals surface area contributed by atoms with Crippen molar-refractivity contribution in [3.63, 3.8) is 0 Å². The maximum atomic E-state index is 5.83. The molecule has 1 fully saturated rings. The summed E-state index contributed by atoms with van der Waals surface area (Å²) in [4.78, 5) is 6.89. The molecule has 0 radical (unpaired) electrons. The Bertz CT molecular complexity index is 600. The molecule has 1 aromatic carbocycles. The molecule has 0 aromatic heterocycles. The molecule has 0 atom stereocenters. The third-order valence-corrected chi connectivity index (χ3v) is 5.35. The van der Waals surface area contributed by atoms with Gasteiger partial charge in [0.15, 0.2) is 5.96 Å². The molecule has 2 rings (SSSR count). The summed E-state index contributed by atoms with van der Waals surface area (Å²) >= 11 is 0. The van der Waals surface area contributed by atoms with Crippen LogP contribution in [0.3, 0.4) is 0 Å². The van der Waals surface area contributed by atoms with Crippen LogP contribution in [0.1, 0.15) is 38.2 Å². The van der Waals surface area contributed by atoms with E-state index in [-0.39, 0.29) is 0 Å². The van der Waals surface area contributed by atoms with Gasteiger partial charge < -0.3 is 25.0 Å². The van der Waals surface area contributed by atoms with Crippen LogP contribution in [0.25, 0.3) is 0 Å². The van der Waals surface area contributed by atoms with Crippen LogP contribution >= 0.6 is 0 Å². The molecule has 6 heteroatoms. The van der Waals surface area contributed by atoms with Crippen molar-refractivity contribution in [1.82, 2.24) is 15.5 Å². The zero-order valence-corrected chi connectivity index (χ0v) is 18.1. The smallest absolute Gasteiger partial charge is 0.191 e. The Kier molecular flexibility index (Phi) is 9.58. The van der Waals surface area contributed by atoms with Crippen LogP contribution in [0, 0.1) is 5.41 Å². The minimum absolute atomic E-state index is 0.367. The minimum Gasteiger partial charge on any atom is -0.492 e. The number of guanidine groups is 1. The van der Waals surface area contributed by atoms with Crippen LogP contribution < -0.4 is 15.4 Å². The second-order valence-electron chi connectivity index (χ2n) is 7.94. The van der Waals surface area contributed by atoms with Gasteiger partial charge in [-0.25, -0.2) is 4.99 Å². The zero-order chi connectivity index (χ0) is 20.2. The molecule has 0 bridgehead atoms. The quantitative estimate of drug-likeness (QED) is 0.425. The van der Waals surface area contributed by atoms with Gasteiger partial charge in [0, 0.05) is 33.4 Å². The lowest BCUT2D eigenvalue weighted by molar-refractivity contribution is 0.0732. The number of aliphatic imine (C=N–C) groups is 1. The Labute approximate surface area is 170 Å². The maximum absolute atomic E-state index is 5.83. The number of hydrogen-bond acceptors (Lipinski definition) is 4. The highest BCUT2D eigenvalue weighted by Gasteiger charge is 2.36. The molecule has 1 aromatic rings. The third kappa shape index (κ3) is 7.68. The van der Waals surface area contributed by atoms with Gasteiger partial charge in [0.1, 0.15) is 12.4 Å². The Morgan fingerprint density at radius 2 is 2.04 bits per heavy atom. The van der Waals surface area contributed by atoms with Crippen molar-refractivity contribution in [2.45, 2.75) is 39.2 Å². The van der Waals surface area contributed by atoms with E-state index >= 15 is 0 Å². The second kappa shape index (κ2) is 11.9. The highest BCUT2D eigenvalue weighted by Crippen LogP contribution is 2.43. The van der Waals surface area contributed by atoms with Gasteiger partial charge in [0.2, 0.25) is 0 Å². The van der Waals surface area contributed by atoms with Crippen molar-refractivity contribution in [3.8, 4) is 5.75 Å². The van der Waals surface area contributed by atoms with Gasteiger partial charge in [-0.3, -0.25) is 0 Å². The molecule has 158 valence electrons. The SMILES string of the molecule is CCNC(=NCc1cccc(OCCN(C)C)c1)NCC1(CCOC)CCC1. The Hall–Kier alpha value is -1.79. The van der Waals surface area contributed by atoms with Crippen molar-refractivity contribution in [2.75, 3.05) is 54.1 Å². The van der Waals surface area contributed by atoms with Gasteiger partial charge in [-0.2, -0.15) is 0 Å². The van der Waals surface area contributed by atoms with E-state index in [0.717, 1.165) is 49.9 Å². The number of methoxy groups -OCH3 is 1. The monoisotopic (exact) mass is 390 g/mol. The van der Waals surface area contributed by atoms with Crippen LogP contribution in [-0.2, 0) is 11.3 Å². The predicted molar refractivity (Wildman–Crippen MR) is 116 cm³/mol. The molecule has 0 aliphatic heterocycles. The molecule has 6 nitrogen and oxygen atoms in total. The van der Waals surface area contributed by atoms with Crippen LogP contribution in [-0.4, -0.2) is 64.9 Å². The first-order valence-corrected chi connectivity index (χ1v) is 10.4. The summed E-state index contributed by atoms with van der Waals surface area (Å²) < 4.78 is 11.1. The Balaban J connectivity index is 1.89. The van der Waals surface area contributed by atoms with E-state index < -0.39 is 0 Å². The van der Waals surface area contributed by atoms with Crippen molar-refractivity contribution in [3.05, 3.63) is 29.8 Å². The summed E-state index contributed by atoms with van der Waals surface area (Å²) in [6.45, 7) is 6.96. The normalized spacial score (nSPS) is 16.0. The first-order chi connectivity index (χ1) is 13.6. The average Bonchev–Trinajstić information content (AvgIpc) is 2.65. The number of nitrogens with zero attached hydrogens (tertiary/aromatic N) is 2. The molecule has 28 heavy (non-hydrogen) atoms. The van der Waals surface area contributed by atoms with Gasteiger partial charge in [0.05, 0.1) is 6.54 Å². The van der Waals surface area contributed by atoms with Gasteiger partial charge in [-0.1, -0.05) is 18.6 Å². The molecule has 1 saturated carbocycles. The molecule has 0 saturated heterocycles. The van der Waals surface area contributed by atoms with Crippen molar-refractivity contribution >= 4 is 5.96 Å². The number of ether oxygens (including phenoxy) is 2. The largest absolute Gasteiger partial charge is 0.492 e. The van der Waals surface area contributed by atoms with Crippen LogP contribution in [0.4, 0.5) is 0 Å². The topological polar surface area (TPSA) is 58.1 Å². The molecule has 0 unspecified atom stereocenters. The maximum Gasteiger partial charge on any atom is 0.191 e. The molecular formula is C22H38N4O2. The number of benzene rings is 1. The number of likely N-dealkylation sites (N-methyl/N-ethyl adjacent to an activating group) is 1. The molecule has 0 spiro atoms. The van der Waals surface area contributed by atoms with Crippen molar-refractivity contribution < 1.29 is 9.47 Å². The first kappa shape index (κ1) is 22.5. The predicted octanol–water partition coefficient (Wildman–Crippen LogP) is 2.89. The fourth-order valence-corrected chi connectivity index (χ4v) is 3.37. The summed E-state index contributed by atoms with van der Waals surface area (Å²) in [6, 6.07) is 8.21. The summed E-state index contributed by atoms with van der Waals surface area (Å²) in [7, 11) is 5.88. The summed E-state index contributed by atoms with van der Waals surface area (Å²) in [6.07, 6.45) is 4.98. The fraction of sp³-hybridized carbons (Fsp3) is 0.682. The zero-order valence-electron chi connectivity index (χ0n) is 18.1. The van der Waals surface area contributed by atoms with E-state index in [9.17, 15) is 0 Å². The second-order valence-corrected chi connectivity index (χ2v) is 7.94. The van der Waals surface area contributed by atoms with E-state index in [0.29, 0.717) is 18.6 Å². The molecule has 1 aliphatic carbocycles. The van der Waals surface area contributed by atoms with E-state index in [2.05, 4.69) is 34.6 Å². The van der Waals surface area contributed by atoms with Gasteiger partial charge in [-0.15, -0.1) is 0 Å². The molecule has 0 amide bonds. The lowest BCUT2D eigenvalue weighted by atomic mass is 9.67. The van der Waals surface area contributed by atoms with Crippen LogP contribution in [0.5, 0.6) is 5.75 Å². The first-order valence-electron chi connectivity index (χ1n) is 10.4. The highest BCUT2D eigenvalue weighted by molar-refractivity contribution is 5.79. The summed E-state index contributed by atoms with van der Waals surface area (Å²) in [5.41, 5.74) is 1.52. The van der Waals surface area contributed by atoms with E-state index in [1.54, 1.807) is 7.11 Å². The number of hydrogen-bond donors (Lipinski definition) is 2. The van der Waals surface area contributed by atoms with Crippen molar-refractivity contribution in [1.29, 1.82) is 0 Å². The highest BCUT2D eigenvalue weighted by atomic mass is 16.5. The van der Waals surface area contributed by atoms with Crippen LogP contribution in [0.15, 0.2) is 29.3 Å². The van der Waals surface area contributed by atoms with E-state index in [1.165, 1.54) is 19.3 Å². The Morgan fingerprint density at radius 1 is 1.21 bits per heavy atom. The van der Waals surface area contributed by atoms with E-state index in [1.807, 2.05) is 26.2 Å². The van der Waals surface area contributed by atoms with E-state index in [4.69, 9.17) is 14.5 Å². The summed E-state index contributed by atoms with van der Waals surface area (Å²) in [5.74, 6) is 1.78. The lowest BCUT2D eigenvalue weighted by Crippen LogP contribution is -2.46. The van der Waals surface area contributed by atoms with Gasteiger partial charge >= 0.3 is 0 Å². The molecule has 2 N–H and O–H groups in total. The number of rotatable bonds is 12. The molecule has 1 aliphatic rings. The van der Waals surface area contributed by atoms with Gasteiger partial charge in [-0.05, 0) is 63.4 Å². The van der Waals surface area contributed by atoms with Crippen molar-refractivity contribution in [2.24, 2.45) is 10.4 Å². The lowest BCUT2D eigenvalue weighted by Gasteiger charge is -2.42. The average molecular weight is 391 g/mol.